The van der Waals surface area contributed by atoms with Gasteiger partial charge in [-0.2, -0.15) is 0 Å². The topological polar surface area (TPSA) is 66.4 Å². The fourth-order valence-electron chi connectivity index (χ4n) is 2.64. The minimum atomic E-state index is -1.11. The molecule has 0 spiro atoms. The van der Waals surface area contributed by atoms with Gasteiger partial charge in [0.2, 0.25) is 0 Å². The van der Waals surface area contributed by atoms with Crippen molar-refractivity contribution in [2.45, 2.75) is 6.92 Å². The molecule has 130 valence electrons. The molecule has 0 fully saturated rings. The summed E-state index contributed by atoms with van der Waals surface area (Å²) in [5.41, 5.74) is 1.49. The smallest absolute Gasteiger partial charge is 0.337 e. The Labute approximate surface area is 149 Å². The van der Waals surface area contributed by atoms with Gasteiger partial charge in [-0.15, -0.1) is 0 Å². The first-order valence-corrected chi connectivity index (χ1v) is 7.95. The van der Waals surface area contributed by atoms with E-state index < -0.39 is 11.9 Å². The van der Waals surface area contributed by atoms with Gasteiger partial charge >= 0.3 is 5.97 Å². The van der Waals surface area contributed by atoms with Crippen LogP contribution < -0.4 is 5.32 Å². The molecule has 0 radical (unpaired) electrons. The summed E-state index contributed by atoms with van der Waals surface area (Å²) in [6.07, 6.45) is 1.70. The van der Waals surface area contributed by atoms with Crippen LogP contribution in [0.1, 0.15) is 22.8 Å². The zero-order valence-corrected chi connectivity index (χ0v) is 14.0. The molecule has 5 heteroatoms. The lowest BCUT2D eigenvalue weighted by Gasteiger charge is -2.08. The lowest BCUT2D eigenvalue weighted by molar-refractivity contribution is -0.112. The Morgan fingerprint density at radius 1 is 1.00 bits per heavy atom. The molecule has 2 N–H and O–H groups in total. The van der Waals surface area contributed by atoms with E-state index in [0.717, 1.165) is 16.3 Å². The highest BCUT2D eigenvalue weighted by molar-refractivity contribution is 6.09. The first kappa shape index (κ1) is 17.4. The average molecular weight is 349 g/mol. The molecule has 0 aliphatic rings. The number of hydrogen-bond acceptors (Lipinski definition) is 2. The van der Waals surface area contributed by atoms with Crippen LogP contribution in [-0.2, 0) is 4.79 Å². The summed E-state index contributed by atoms with van der Waals surface area (Å²) >= 11 is 0. The summed E-state index contributed by atoms with van der Waals surface area (Å²) in [5, 5.41) is 13.4. The lowest BCUT2D eigenvalue weighted by atomic mass is 10.0. The Hall–Kier alpha value is -3.47. The largest absolute Gasteiger partial charge is 0.478 e. The standard InChI is InChI=1S/C21H16FNO3/c1-13(20(24)23-19-5-3-2-4-18(19)21(25)26)10-14-6-7-16-12-17(22)9-8-15(16)11-14/h2-12H,1H3,(H,23,24)(H,25,26). The number of carboxylic acids is 1. The second-order valence-electron chi connectivity index (χ2n) is 5.88. The van der Waals surface area contributed by atoms with E-state index in [1.807, 2.05) is 6.07 Å². The number of aromatic carboxylic acids is 1. The SMILES string of the molecule is CC(=Cc1ccc2cc(F)ccc2c1)C(=O)Nc1ccccc1C(=O)O. The maximum Gasteiger partial charge on any atom is 0.337 e. The summed E-state index contributed by atoms with van der Waals surface area (Å²) in [7, 11) is 0. The molecule has 3 aromatic rings. The molecule has 0 heterocycles. The summed E-state index contributed by atoms with van der Waals surface area (Å²) in [6, 6.07) is 16.2. The lowest BCUT2D eigenvalue weighted by Crippen LogP contribution is -2.15. The fourth-order valence-corrected chi connectivity index (χ4v) is 2.64. The van der Waals surface area contributed by atoms with Crippen molar-refractivity contribution in [3.8, 4) is 0 Å². The molecule has 0 bridgehead atoms. The number of rotatable bonds is 4. The Bertz CT molecular complexity index is 1040. The van der Waals surface area contributed by atoms with Crippen molar-refractivity contribution in [1.82, 2.24) is 0 Å². The number of amides is 1. The Morgan fingerprint density at radius 3 is 2.46 bits per heavy atom. The molecular weight excluding hydrogens is 333 g/mol. The highest BCUT2D eigenvalue weighted by atomic mass is 19.1. The van der Waals surface area contributed by atoms with Gasteiger partial charge in [-0.05, 0) is 59.7 Å². The number of hydrogen-bond donors (Lipinski definition) is 2. The van der Waals surface area contributed by atoms with E-state index in [-0.39, 0.29) is 17.1 Å². The molecular formula is C21H16FNO3. The third kappa shape index (κ3) is 3.78. The summed E-state index contributed by atoms with van der Waals surface area (Å²) in [6.45, 7) is 1.65. The Kier molecular flexibility index (Phi) is 4.80. The maximum absolute atomic E-state index is 13.2. The van der Waals surface area contributed by atoms with Gasteiger partial charge in [-0.1, -0.05) is 30.3 Å². The minimum Gasteiger partial charge on any atom is -0.478 e. The van der Waals surface area contributed by atoms with E-state index in [2.05, 4.69) is 5.32 Å². The molecule has 26 heavy (non-hydrogen) atoms. The highest BCUT2D eigenvalue weighted by Gasteiger charge is 2.12. The molecule has 0 atom stereocenters. The molecule has 1 amide bonds. The third-order valence-electron chi connectivity index (χ3n) is 3.97. The summed E-state index contributed by atoms with van der Waals surface area (Å²) < 4.78 is 13.2. The van der Waals surface area contributed by atoms with Crippen molar-refractivity contribution in [2.24, 2.45) is 0 Å². The number of carbonyl (C=O) groups is 2. The number of benzene rings is 3. The van der Waals surface area contributed by atoms with E-state index in [4.69, 9.17) is 0 Å². The number of carbonyl (C=O) groups excluding carboxylic acids is 1. The van der Waals surface area contributed by atoms with Gasteiger partial charge in [0.25, 0.3) is 5.91 Å². The molecule has 0 aromatic heterocycles. The predicted molar refractivity (Wildman–Crippen MR) is 99.6 cm³/mol. The summed E-state index contributed by atoms with van der Waals surface area (Å²) in [5.74, 6) is -1.80. The van der Waals surface area contributed by atoms with Crippen LogP contribution >= 0.6 is 0 Å². The first-order valence-electron chi connectivity index (χ1n) is 7.95. The van der Waals surface area contributed by atoms with Crippen LogP contribution in [0.4, 0.5) is 10.1 Å². The number of carboxylic acid groups (broad SMARTS) is 1. The van der Waals surface area contributed by atoms with Crippen molar-refractivity contribution < 1.29 is 19.1 Å². The van der Waals surface area contributed by atoms with Gasteiger partial charge < -0.3 is 10.4 Å². The molecule has 3 rings (SSSR count). The van der Waals surface area contributed by atoms with Gasteiger partial charge in [0.1, 0.15) is 5.82 Å². The van der Waals surface area contributed by atoms with Crippen LogP contribution in [0, 0.1) is 5.82 Å². The normalized spacial score (nSPS) is 11.4. The molecule has 4 nitrogen and oxygen atoms in total. The van der Waals surface area contributed by atoms with Crippen molar-refractivity contribution in [1.29, 1.82) is 0 Å². The van der Waals surface area contributed by atoms with Crippen molar-refractivity contribution in [3.05, 3.63) is 83.2 Å². The highest BCUT2D eigenvalue weighted by Crippen LogP contribution is 2.20. The zero-order valence-electron chi connectivity index (χ0n) is 14.0. The number of halogens is 1. The summed E-state index contributed by atoms with van der Waals surface area (Å²) in [4.78, 5) is 23.6. The van der Waals surface area contributed by atoms with E-state index in [0.29, 0.717) is 5.57 Å². The van der Waals surface area contributed by atoms with Gasteiger partial charge in [0.05, 0.1) is 11.3 Å². The van der Waals surface area contributed by atoms with Crippen LogP contribution in [0.25, 0.3) is 16.8 Å². The number of fused-ring (bicyclic) bond motifs is 1. The minimum absolute atomic E-state index is 0.0291. The van der Waals surface area contributed by atoms with E-state index in [1.54, 1.807) is 49.4 Å². The van der Waals surface area contributed by atoms with Gasteiger partial charge in [0, 0.05) is 5.57 Å². The van der Waals surface area contributed by atoms with Crippen LogP contribution in [0.3, 0.4) is 0 Å². The van der Waals surface area contributed by atoms with Crippen LogP contribution in [-0.4, -0.2) is 17.0 Å². The Morgan fingerprint density at radius 2 is 1.69 bits per heavy atom. The molecule has 3 aromatic carbocycles. The zero-order chi connectivity index (χ0) is 18.7. The molecule has 0 saturated carbocycles. The first-order chi connectivity index (χ1) is 12.4. The van der Waals surface area contributed by atoms with Crippen LogP contribution in [0.5, 0.6) is 0 Å². The van der Waals surface area contributed by atoms with E-state index in [9.17, 15) is 19.1 Å². The number of anilines is 1. The Balaban J connectivity index is 1.84. The van der Waals surface area contributed by atoms with Gasteiger partial charge in [0.15, 0.2) is 0 Å². The average Bonchev–Trinajstić information content (AvgIpc) is 2.62. The van der Waals surface area contributed by atoms with Crippen LogP contribution in [0.15, 0.2) is 66.2 Å². The van der Waals surface area contributed by atoms with Crippen molar-refractivity contribution in [2.75, 3.05) is 5.32 Å². The van der Waals surface area contributed by atoms with E-state index >= 15 is 0 Å². The second-order valence-corrected chi connectivity index (χ2v) is 5.88. The predicted octanol–water partition coefficient (Wildman–Crippen LogP) is 4.72. The molecule has 0 saturated heterocycles. The van der Waals surface area contributed by atoms with Crippen molar-refractivity contribution >= 4 is 34.4 Å². The molecule has 0 aliphatic carbocycles. The maximum atomic E-state index is 13.2. The third-order valence-corrected chi connectivity index (χ3v) is 3.97. The van der Waals surface area contributed by atoms with Gasteiger partial charge in [-0.3, -0.25) is 4.79 Å². The van der Waals surface area contributed by atoms with E-state index in [1.165, 1.54) is 18.2 Å². The second kappa shape index (κ2) is 7.19. The number of para-hydroxylation sites is 1. The van der Waals surface area contributed by atoms with Crippen molar-refractivity contribution in [3.63, 3.8) is 0 Å². The van der Waals surface area contributed by atoms with Gasteiger partial charge in [-0.25, -0.2) is 9.18 Å². The monoisotopic (exact) mass is 349 g/mol. The fraction of sp³-hybridized carbons (Fsp3) is 0.0476. The molecule has 0 unspecified atom stereocenters. The van der Waals surface area contributed by atoms with Crippen LogP contribution in [0.2, 0.25) is 0 Å². The molecule has 0 aliphatic heterocycles. The quantitative estimate of drug-likeness (QED) is 0.670. The number of nitrogens with one attached hydrogen (secondary N) is 1.